The second-order valence-electron chi connectivity index (χ2n) is 3.64. The molecule has 0 aromatic heterocycles. The first-order valence-electron chi connectivity index (χ1n) is 4.72. The molecular formula is C9H18N2O. The maximum atomic E-state index is 11.0. The summed E-state index contributed by atoms with van der Waals surface area (Å²) in [5.41, 5.74) is 0. The Morgan fingerprint density at radius 1 is 1.67 bits per heavy atom. The zero-order valence-corrected chi connectivity index (χ0v) is 7.89. The fourth-order valence-corrected chi connectivity index (χ4v) is 1.48. The highest BCUT2D eigenvalue weighted by atomic mass is 16.2. The number of hydrogen-bond acceptors (Lipinski definition) is 2. The normalized spacial score (nSPS) is 26.5. The average molecular weight is 170 g/mol. The zero-order chi connectivity index (χ0) is 8.97. The molecule has 0 saturated carbocycles. The third-order valence-electron chi connectivity index (χ3n) is 2.43. The summed E-state index contributed by atoms with van der Waals surface area (Å²) in [5.74, 6) is 0.838. The highest BCUT2D eigenvalue weighted by Gasteiger charge is 2.18. The van der Waals surface area contributed by atoms with Crippen molar-refractivity contribution < 1.29 is 4.79 Å². The van der Waals surface area contributed by atoms with Crippen LogP contribution in [0.4, 0.5) is 0 Å². The predicted molar refractivity (Wildman–Crippen MR) is 48.9 cm³/mol. The van der Waals surface area contributed by atoms with Crippen LogP contribution in [-0.2, 0) is 4.79 Å². The van der Waals surface area contributed by atoms with Gasteiger partial charge in [0, 0.05) is 12.6 Å². The molecule has 1 fully saturated rings. The van der Waals surface area contributed by atoms with E-state index in [1.165, 1.54) is 6.42 Å². The molecule has 1 amide bonds. The molecule has 1 aliphatic heterocycles. The zero-order valence-electron chi connectivity index (χ0n) is 7.89. The van der Waals surface area contributed by atoms with Crippen molar-refractivity contribution in [2.75, 3.05) is 13.1 Å². The van der Waals surface area contributed by atoms with E-state index in [0.29, 0.717) is 18.5 Å². The van der Waals surface area contributed by atoms with E-state index in [9.17, 15) is 4.79 Å². The van der Waals surface area contributed by atoms with E-state index in [1.807, 2.05) is 0 Å². The summed E-state index contributed by atoms with van der Waals surface area (Å²) in [7, 11) is 0. The van der Waals surface area contributed by atoms with Gasteiger partial charge in [0.2, 0.25) is 5.91 Å². The third-order valence-corrected chi connectivity index (χ3v) is 2.43. The van der Waals surface area contributed by atoms with Crippen LogP contribution in [0, 0.1) is 5.92 Å². The van der Waals surface area contributed by atoms with E-state index in [4.69, 9.17) is 0 Å². The van der Waals surface area contributed by atoms with Gasteiger partial charge in [-0.15, -0.1) is 0 Å². The van der Waals surface area contributed by atoms with Gasteiger partial charge in [-0.3, -0.25) is 4.79 Å². The molecule has 3 nitrogen and oxygen atoms in total. The first kappa shape index (κ1) is 9.52. The van der Waals surface area contributed by atoms with Gasteiger partial charge in [0.15, 0.2) is 0 Å². The maximum Gasteiger partial charge on any atom is 0.234 e. The lowest BCUT2D eigenvalue weighted by atomic mass is 9.98. The van der Waals surface area contributed by atoms with Gasteiger partial charge in [-0.2, -0.15) is 0 Å². The molecule has 1 aliphatic rings. The van der Waals surface area contributed by atoms with E-state index >= 15 is 0 Å². The van der Waals surface area contributed by atoms with Gasteiger partial charge >= 0.3 is 0 Å². The maximum absolute atomic E-state index is 11.0. The van der Waals surface area contributed by atoms with Gasteiger partial charge in [-0.25, -0.2) is 0 Å². The summed E-state index contributed by atoms with van der Waals surface area (Å²) < 4.78 is 0. The molecular weight excluding hydrogens is 152 g/mol. The highest BCUT2D eigenvalue weighted by molar-refractivity contribution is 5.79. The molecule has 1 rings (SSSR count). The van der Waals surface area contributed by atoms with Crippen LogP contribution in [0.1, 0.15) is 26.7 Å². The Morgan fingerprint density at radius 2 is 2.42 bits per heavy atom. The number of piperazine rings is 1. The van der Waals surface area contributed by atoms with Crippen molar-refractivity contribution in [3.8, 4) is 0 Å². The van der Waals surface area contributed by atoms with E-state index in [2.05, 4.69) is 24.5 Å². The number of rotatable bonds is 3. The highest BCUT2D eigenvalue weighted by Crippen LogP contribution is 2.10. The fraction of sp³-hybridized carbons (Fsp3) is 0.889. The van der Waals surface area contributed by atoms with Crippen molar-refractivity contribution in [1.82, 2.24) is 10.6 Å². The number of hydrogen-bond donors (Lipinski definition) is 2. The van der Waals surface area contributed by atoms with Crippen LogP contribution in [0.3, 0.4) is 0 Å². The largest absolute Gasteiger partial charge is 0.351 e. The quantitative estimate of drug-likeness (QED) is 0.648. The predicted octanol–water partition coefficient (Wildman–Crippen LogP) is 0.511. The van der Waals surface area contributed by atoms with Crippen LogP contribution < -0.4 is 10.6 Å². The second kappa shape index (κ2) is 4.45. The molecule has 0 unspecified atom stereocenters. The minimum atomic E-state index is 0.134. The average Bonchev–Trinajstić information content (AvgIpc) is 2.04. The SMILES string of the molecule is CC[C@H](C)C[C@H]1CNCC(=O)N1. The Balaban J connectivity index is 2.27. The van der Waals surface area contributed by atoms with Gasteiger partial charge in [-0.05, 0) is 12.3 Å². The molecule has 70 valence electrons. The molecule has 12 heavy (non-hydrogen) atoms. The van der Waals surface area contributed by atoms with Crippen molar-refractivity contribution >= 4 is 5.91 Å². The van der Waals surface area contributed by atoms with E-state index < -0.39 is 0 Å². The van der Waals surface area contributed by atoms with Crippen molar-refractivity contribution in [1.29, 1.82) is 0 Å². The molecule has 0 bridgehead atoms. The summed E-state index contributed by atoms with van der Waals surface area (Å²) in [6, 6.07) is 0.348. The first-order chi connectivity index (χ1) is 5.72. The van der Waals surface area contributed by atoms with Gasteiger partial charge < -0.3 is 10.6 Å². The molecule has 1 saturated heterocycles. The van der Waals surface area contributed by atoms with E-state index in [1.54, 1.807) is 0 Å². The summed E-state index contributed by atoms with van der Waals surface area (Å²) >= 11 is 0. The topological polar surface area (TPSA) is 41.1 Å². The number of carbonyl (C=O) groups excluding carboxylic acids is 1. The standard InChI is InChI=1S/C9H18N2O/c1-3-7(2)4-8-5-10-6-9(12)11-8/h7-8,10H,3-6H2,1-2H3,(H,11,12)/t7-,8-/m0/s1. The van der Waals surface area contributed by atoms with Crippen molar-refractivity contribution in [3.05, 3.63) is 0 Å². The number of carbonyl (C=O) groups is 1. The van der Waals surface area contributed by atoms with Gasteiger partial charge in [-0.1, -0.05) is 20.3 Å². The minimum absolute atomic E-state index is 0.134. The van der Waals surface area contributed by atoms with Crippen LogP contribution in [-0.4, -0.2) is 25.0 Å². The summed E-state index contributed by atoms with van der Waals surface area (Å²) in [5, 5.41) is 6.08. The lowest BCUT2D eigenvalue weighted by Crippen LogP contribution is -2.52. The Kier molecular flexibility index (Phi) is 3.53. The Labute approximate surface area is 73.9 Å². The van der Waals surface area contributed by atoms with Crippen LogP contribution in [0.15, 0.2) is 0 Å². The molecule has 1 heterocycles. The lowest BCUT2D eigenvalue weighted by Gasteiger charge is -2.26. The summed E-state index contributed by atoms with van der Waals surface area (Å²) in [4.78, 5) is 11.0. The fourth-order valence-electron chi connectivity index (χ4n) is 1.48. The van der Waals surface area contributed by atoms with E-state index in [0.717, 1.165) is 13.0 Å². The molecule has 0 spiro atoms. The summed E-state index contributed by atoms with van der Waals surface area (Å²) in [6.07, 6.45) is 2.28. The van der Waals surface area contributed by atoms with Gasteiger partial charge in [0.25, 0.3) is 0 Å². The van der Waals surface area contributed by atoms with E-state index in [-0.39, 0.29) is 5.91 Å². The van der Waals surface area contributed by atoms with Crippen LogP contribution in [0.2, 0.25) is 0 Å². The first-order valence-corrected chi connectivity index (χ1v) is 4.72. The Hall–Kier alpha value is -0.570. The molecule has 0 aromatic rings. The van der Waals surface area contributed by atoms with Gasteiger partial charge in [0.1, 0.15) is 0 Å². The van der Waals surface area contributed by atoms with Crippen LogP contribution >= 0.6 is 0 Å². The number of nitrogens with one attached hydrogen (secondary N) is 2. The van der Waals surface area contributed by atoms with Crippen molar-refractivity contribution in [2.45, 2.75) is 32.7 Å². The van der Waals surface area contributed by atoms with Crippen molar-refractivity contribution in [2.24, 2.45) is 5.92 Å². The smallest absolute Gasteiger partial charge is 0.234 e. The van der Waals surface area contributed by atoms with Crippen molar-refractivity contribution in [3.63, 3.8) is 0 Å². The molecule has 2 atom stereocenters. The Morgan fingerprint density at radius 3 is 3.00 bits per heavy atom. The number of amides is 1. The third kappa shape index (κ3) is 2.81. The molecule has 2 N–H and O–H groups in total. The lowest BCUT2D eigenvalue weighted by molar-refractivity contribution is -0.122. The van der Waals surface area contributed by atoms with Crippen LogP contribution in [0.25, 0.3) is 0 Å². The molecule has 0 aromatic carbocycles. The van der Waals surface area contributed by atoms with Crippen LogP contribution in [0.5, 0.6) is 0 Å². The molecule has 3 heteroatoms. The molecule has 0 aliphatic carbocycles. The monoisotopic (exact) mass is 170 g/mol. The molecule has 0 radical (unpaired) electrons. The summed E-state index contributed by atoms with van der Waals surface area (Å²) in [6.45, 7) is 5.82. The van der Waals surface area contributed by atoms with Gasteiger partial charge in [0.05, 0.1) is 6.54 Å². The minimum Gasteiger partial charge on any atom is -0.351 e. The second-order valence-corrected chi connectivity index (χ2v) is 3.64. The Bertz CT molecular complexity index is 159.